The monoisotopic (exact) mass is 215 g/mol. The van der Waals surface area contributed by atoms with Gasteiger partial charge in [-0.3, -0.25) is 0 Å². The largest absolute Gasteiger partial charge is 0.461 e. The molecule has 0 fully saturated rings. The standard InChI is InChI=1S/C9H5N5O2/c15-13-9-10-4-3-7-11-8(12-14(7)9)6-2-1-5-16-6/h1-5H. The Morgan fingerprint density at radius 2 is 2.31 bits per heavy atom. The summed E-state index contributed by atoms with van der Waals surface area (Å²) in [5.74, 6) is 0.881. The number of hydrogen-bond acceptors (Lipinski definition) is 6. The van der Waals surface area contributed by atoms with Crippen molar-refractivity contribution in [1.29, 1.82) is 0 Å². The Bertz CT molecular complexity index is 643. The molecule has 3 aromatic rings. The van der Waals surface area contributed by atoms with Crippen molar-refractivity contribution in [3.05, 3.63) is 35.6 Å². The topological polar surface area (TPSA) is 85.6 Å². The lowest BCUT2D eigenvalue weighted by Gasteiger charge is -1.90. The summed E-state index contributed by atoms with van der Waals surface area (Å²) in [5, 5.41) is 6.84. The minimum Gasteiger partial charge on any atom is -0.461 e. The van der Waals surface area contributed by atoms with Crippen molar-refractivity contribution in [2.45, 2.75) is 0 Å². The molecule has 0 spiro atoms. The zero-order valence-corrected chi connectivity index (χ0v) is 7.94. The maximum Gasteiger partial charge on any atom is 0.294 e. The van der Waals surface area contributed by atoms with Gasteiger partial charge < -0.3 is 4.42 Å². The first-order chi connectivity index (χ1) is 7.88. The third kappa shape index (κ3) is 1.18. The molecule has 0 N–H and O–H groups in total. The van der Waals surface area contributed by atoms with E-state index in [0.29, 0.717) is 17.2 Å². The number of aromatic nitrogens is 4. The van der Waals surface area contributed by atoms with Gasteiger partial charge in [0.15, 0.2) is 11.4 Å². The van der Waals surface area contributed by atoms with Gasteiger partial charge in [-0.05, 0) is 12.1 Å². The maximum atomic E-state index is 10.5. The first-order valence-electron chi connectivity index (χ1n) is 4.47. The highest BCUT2D eigenvalue weighted by Crippen LogP contribution is 2.18. The molecule has 0 aliphatic carbocycles. The molecule has 0 radical (unpaired) electrons. The fourth-order valence-corrected chi connectivity index (χ4v) is 1.38. The molecule has 3 rings (SSSR count). The summed E-state index contributed by atoms with van der Waals surface area (Å²) < 4.78 is 6.42. The summed E-state index contributed by atoms with van der Waals surface area (Å²) in [6, 6.07) is 5.10. The molecule has 0 saturated carbocycles. The fourth-order valence-electron chi connectivity index (χ4n) is 1.38. The molecule has 7 heteroatoms. The van der Waals surface area contributed by atoms with E-state index in [1.165, 1.54) is 17.0 Å². The van der Waals surface area contributed by atoms with Gasteiger partial charge in [0.2, 0.25) is 5.82 Å². The Labute approximate surface area is 88.7 Å². The zero-order chi connectivity index (χ0) is 11.0. The summed E-state index contributed by atoms with van der Waals surface area (Å²) in [4.78, 5) is 18.4. The van der Waals surface area contributed by atoms with Gasteiger partial charge >= 0.3 is 0 Å². The number of hydrogen-bond donors (Lipinski definition) is 0. The van der Waals surface area contributed by atoms with Gasteiger partial charge in [0, 0.05) is 17.4 Å². The number of rotatable bonds is 2. The highest BCUT2D eigenvalue weighted by molar-refractivity contribution is 5.53. The van der Waals surface area contributed by atoms with E-state index in [4.69, 9.17) is 4.42 Å². The minimum atomic E-state index is -0.0391. The van der Waals surface area contributed by atoms with Crippen LogP contribution < -0.4 is 0 Å². The zero-order valence-electron chi connectivity index (χ0n) is 7.94. The average Bonchev–Trinajstić information content (AvgIpc) is 2.96. The van der Waals surface area contributed by atoms with Crippen molar-refractivity contribution in [1.82, 2.24) is 19.6 Å². The van der Waals surface area contributed by atoms with Gasteiger partial charge in [-0.25, -0.2) is 9.97 Å². The Balaban J connectivity index is 2.27. The van der Waals surface area contributed by atoms with Crippen LogP contribution in [0.2, 0.25) is 0 Å². The fraction of sp³-hybridized carbons (Fsp3) is 0. The second-order valence-corrected chi connectivity index (χ2v) is 3.02. The number of fused-ring (bicyclic) bond motifs is 1. The van der Waals surface area contributed by atoms with Crippen molar-refractivity contribution in [3.8, 4) is 11.6 Å². The van der Waals surface area contributed by atoms with E-state index in [1.54, 1.807) is 18.2 Å². The summed E-state index contributed by atoms with van der Waals surface area (Å²) in [6.07, 6.45) is 2.98. The van der Waals surface area contributed by atoms with Crippen molar-refractivity contribution in [2.75, 3.05) is 0 Å². The van der Waals surface area contributed by atoms with Crippen LogP contribution in [0.15, 0.2) is 40.3 Å². The molecule has 0 amide bonds. The van der Waals surface area contributed by atoms with Crippen molar-refractivity contribution < 1.29 is 4.42 Å². The van der Waals surface area contributed by atoms with Crippen LogP contribution in [-0.4, -0.2) is 19.6 Å². The van der Waals surface area contributed by atoms with Crippen LogP contribution in [0.5, 0.6) is 0 Å². The molecule has 0 unspecified atom stereocenters. The third-order valence-corrected chi connectivity index (χ3v) is 2.06. The predicted octanol–water partition coefficient (Wildman–Crippen LogP) is 1.78. The van der Waals surface area contributed by atoms with E-state index >= 15 is 0 Å². The molecule has 0 bridgehead atoms. The summed E-state index contributed by atoms with van der Waals surface area (Å²) >= 11 is 0. The highest BCUT2D eigenvalue weighted by atomic mass is 16.3. The summed E-state index contributed by atoms with van der Waals surface area (Å²) in [6.45, 7) is 0. The molecular weight excluding hydrogens is 210 g/mol. The highest BCUT2D eigenvalue weighted by Gasteiger charge is 2.11. The molecule has 0 aromatic carbocycles. The number of nitroso groups, excluding NO2 is 1. The molecule has 3 heterocycles. The maximum absolute atomic E-state index is 10.5. The van der Waals surface area contributed by atoms with E-state index in [1.807, 2.05) is 0 Å². The Morgan fingerprint density at radius 1 is 1.38 bits per heavy atom. The quantitative estimate of drug-likeness (QED) is 0.608. The average molecular weight is 215 g/mol. The number of furan rings is 1. The first-order valence-corrected chi connectivity index (χ1v) is 4.47. The molecule has 78 valence electrons. The van der Waals surface area contributed by atoms with Crippen molar-refractivity contribution >= 4 is 11.6 Å². The Morgan fingerprint density at radius 3 is 3.06 bits per heavy atom. The van der Waals surface area contributed by atoms with Crippen LogP contribution in [0.3, 0.4) is 0 Å². The van der Waals surface area contributed by atoms with Crippen LogP contribution in [0.4, 0.5) is 5.95 Å². The summed E-state index contributed by atoms with van der Waals surface area (Å²) in [7, 11) is 0. The minimum absolute atomic E-state index is 0.0391. The molecule has 0 atom stereocenters. The van der Waals surface area contributed by atoms with Crippen LogP contribution in [-0.2, 0) is 0 Å². The van der Waals surface area contributed by atoms with E-state index in [-0.39, 0.29) is 5.95 Å². The number of nitrogens with zero attached hydrogens (tertiary/aromatic N) is 5. The normalized spacial score (nSPS) is 10.8. The van der Waals surface area contributed by atoms with Gasteiger partial charge in [-0.1, -0.05) is 0 Å². The predicted molar refractivity (Wildman–Crippen MR) is 53.9 cm³/mol. The first kappa shape index (κ1) is 8.72. The Hall–Kier alpha value is -2.57. The van der Waals surface area contributed by atoms with E-state index in [2.05, 4.69) is 20.2 Å². The second-order valence-electron chi connectivity index (χ2n) is 3.02. The smallest absolute Gasteiger partial charge is 0.294 e. The van der Waals surface area contributed by atoms with Crippen LogP contribution in [0.25, 0.3) is 17.2 Å². The van der Waals surface area contributed by atoms with Gasteiger partial charge in [0.1, 0.15) is 0 Å². The lowest BCUT2D eigenvalue weighted by molar-refractivity contribution is 0.577. The molecule has 16 heavy (non-hydrogen) atoms. The molecular formula is C9H5N5O2. The van der Waals surface area contributed by atoms with E-state index in [9.17, 15) is 4.91 Å². The van der Waals surface area contributed by atoms with Crippen molar-refractivity contribution in [3.63, 3.8) is 0 Å². The lowest BCUT2D eigenvalue weighted by atomic mass is 10.4. The van der Waals surface area contributed by atoms with Crippen molar-refractivity contribution in [2.24, 2.45) is 5.18 Å². The van der Waals surface area contributed by atoms with Gasteiger partial charge in [0.05, 0.1) is 6.26 Å². The molecule has 7 nitrogen and oxygen atoms in total. The Kier molecular flexibility index (Phi) is 1.76. The molecule has 0 saturated heterocycles. The van der Waals surface area contributed by atoms with Crippen LogP contribution >= 0.6 is 0 Å². The van der Waals surface area contributed by atoms with Crippen LogP contribution in [0, 0.1) is 4.91 Å². The van der Waals surface area contributed by atoms with Gasteiger partial charge in [0.25, 0.3) is 5.95 Å². The summed E-state index contributed by atoms with van der Waals surface area (Å²) in [5.41, 5.74) is 0.496. The molecule has 0 aliphatic heterocycles. The van der Waals surface area contributed by atoms with Gasteiger partial charge in [-0.2, -0.15) is 4.52 Å². The third-order valence-electron chi connectivity index (χ3n) is 2.06. The SMILES string of the molecule is O=Nc1nccc2nc(-c3ccco3)nn12. The van der Waals surface area contributed by atoms with Gasteiger partial charge in [-0.15, -0.1) is 10.0 Å². The second kappa shape index (κ2) is 3.23. The lowest BCUT2D eigenvalue weighted by Crippen LogP contribution is -1.90. The molecule has 0 aliphatic rings. The van der Waals surface area contributed by atoms with E-state index in [0.717, 1.165) is 0 Å². The van der Waals surface area contributed by atoms with Crippen LogP contribution in [0.1, 0.15) is 0 Å². The molecule has 3 aromatic heterocycles. The van der Waals surface area contributed by atoms with E-state index < -0.39 is 0 Å².